The molecule has 1 saturated carbocycles. The van der Waals surface area contributed by atoms with Crippen molar-refractivity contribution >= 4 is 33.8 Å². The molecular weight excluding hydrogens is 244 g/mol. The number of nitrogens with one attached hydrogen (secondary N) is 1. The lowest BCUT2D eigenvalue weighted by Gasteiger charge is -2.21. The number of carbonyl (C=O) groups excluding carboxylic acids is 1. The van der Waals surface area contributed by atoms with Crippen molar-refractivity contribution in [3.8, 4) is 0 Å². The first-order valence-corrected chi connectivity index (χ1v) is 6.47. The summed E-state index contributed by atoms with van der Waals surface area (Å²) in [6.45, 7) is 0.759. The fraction of sp³-hybridized carbons (Fsp3) is 0.545. The minimum absolute atomic E-state index is 0.167. The standard InChI is InChI=1S/C11H15ClN2OS/c1-13-7-11(5-6-11)10(15)14(2)9-4-3-8(12)16-9/h3-4,13H,5-7H2,1-2H3. The number of thiophene rings is 1. The Labute approximate surface area is 104 Å². The van der Waals surface area contributed by atoms with Gasteiger partial charge >= 0.3 is 0 Å². The zero-order valence-electron chi connectivity index (χ0n) is 9.42. The Morgan fingerprint density at radius 2 is 2.31 bits per heavy atom. The van der Waals surface area contributed by atoms with Gasteiger partial charge in [0, 0.05) is 13.6 Å². The summed E-state index contributed by atoms with van der Waals surface area (Å²) in [6, 6.07) is 3.71. The number of halogens is 1. The van der Waals surface area contributed by atoms with Crippen molar-refractivity contribution in [2.24, 2.45) is 5.41 Å². The molecule has 5 heteroatoms. The summed E-state index contributed by atoms with van der Waals surface area (Å²) < 4.78 is 0.716. The van der Waals surface area contributed by atoms with Gasteiger partial charge in [-0.15, -0.1) is 11.3 Å². The summed E-state index contributed by atoms with van der Waals surface area (Å²) in [5.74, 6) is 0.195. The van der Waals surface area contributed by atoms with Crippen molar-refractivity contribution < 1.29 is 4.79 Å². The molecule has 1 heterocycles. The van der Waals surface area contributed by atoms with E-state index in [1.54, 1.807) is 4.90 Å². The Morgan fingerprint density at radius 1 is 1.62 bits per heavy atom. The number of rotatable bonds is 4. The van der Waals surface area contributed by atoms with E-state index in [0.717, 1.165) is 24.4 Å². The van der Waals surface area contributed by atoms with E-state index < -0.39 is 0 Å². The Bertz CT molecular complexity index is 400. The Kier molecular flexibility index (Phi) is 3.24. The highest BCUT2D eigenvalue weighted by molar-refractivity contribution is 7.20. The maximum Gasteiger partial charge on any atom is 0.234 e. The molecule has 1 fully saturated rings. The lowest BCUT2D eigenvalue weighted by Crippen LogP contribution is -2.38. The minimum atomic E-state index is -0.167. The molecule has 0 aromatic carbocycles. The molecule has 1 aliphatic rings. The summed E-state index contributed by atoms with van der Waals surface area (Å²) in [5.41, 5.74) is -0.167. The maximum atomic E-state index is 12.3. The van der Waals surface area contributed by atoms with Crippen LogP contribution in [0, 0.1) is 5.41 Å². The zero-order valence-corrected chi connectivity index (χ0v) is 11.0. The minimum Gasteiger partial charge on any atom is -0.319 e. The Balaban J connectivity index is 2.10. The molecule has 0 aliphatic heterocycles. The monoisotopic (exact) mass is 258 g/mol. The van der Waals surface area contributed by atoms with E-state index in [0.29, 0.717) is 4.34 Å². The van der Waals surface area contributed by atoms with Gasteiger partial charge in [-0.1, -0.05) is 11.6 Å². The van der Waals surface area contributed by atoms with Crippen LogP contribution in [-0.2, 0) is 4.79 Å². The lowest BCUT2D eigenvalue weighted by atomic mass is 10.1. The number of anilines is 1. The van der Waals surface area contributed by atoms with Gasteiger partial charge in [0.05, 0.1) is 14.8 Å². The molecule has 0 saturated heterocycles. The van der Waals surface area contributed by atoms with Crippen LogP contribution < -0.4 is 10.2 Å². The second-order valence-electron chi connectivity index (χ2n) is 4.25. The fourth-order valence-corrected chi connectivity index (χ4v) is 2.89. The zero-order chi connectivity index (χ0) is 11.8. The molecule has 0 radical (unpaired) electrons. The van der Waals surface area contributed by atoms with Gasteiger partial charge in [0.1, 0.15) is 0 Å². The van der Waals surface area contributed by atoms with Crippen LogP contribution in [0.5, 0.6) is 0 Å². The molecule has 1 aromatic heterocycles. The summed E-state index contributed by atoms with van der Waals surface area (Å²) in [6.07, 6.45) is 1.96. The molecule has 16 heavy (non-hydrogen) atoms. The van der Waals surface area contributed by atoms with Crippen molar-refractivity contribution in [1.29, 1.82) is 0 Å². The average Bonchev–Trinajstić information content (AvgIpc) is 2.92. The van der Waals surface area contributed by atoms with Crippen molar-refractivity contribution in [3.05, 3.63) is 16.5 Å². The summed E-state index contributed by atoms with van der Waals surface area (Å²) in [5, 5.41) is 4.01. The smallest absolute Gasteiger partial charge is 0.234 e. The third-order valence-electron chi connectivity index (χ3n) is 3.02. The molecule has 0 spiro atoms. The van der Waals surface area contributed by atoms with E-state index >= 15 is 0 Å². The van der Waals surface area contributed by atoms with E-state index in [2.05, 4.69) is 5.32 Å². The number of carbonyl (C=O) groups is 1. The highest BCUT2D eigenvalue weighted by atomic mass is 35.5. The lowest BCUT2D eigenvalue weighted by molar-refractivity contribution is -0.123. The number of hydrogen-bond donors (Lipinski definition) is 1. The molecular formula is C11H15ClN2OS. The molecule has 3 nitrogen and oxygen atoms in total. The molecule has 0 atom stereocenters. The first kappa shape index (κ1) is 11.9. The first-order valence-electron chi connectivity index (χ1n) is 5.27. The van der Waals surface area contributed by atoms with Gasteiger partial charge in [-0.3, -0.25) is 4.79 Å². The topological polar surface area (TPSA) is 32.3 Å². The molecule has 88 valence electrons. The summed E-state index contributed by atoms with van der Waals surface area (Å²) in [7, 11) is 3.70. The maximum absolute atomic E-state index is 12.3. The van der Waals surface area contributed by atoms with Crippen LogP contribution in [-0.4, -0.2) is 26.5 Å². The van der Waals surface area contributed by atoms with Gasteiger partial charge in [-0.05, 0) is 32.0 Å². The van der Waals surface area contributed by atoms with Crippen LogP contribution >= 0.6 is 22.9 Å². The average molecular weight is 259 g/mol. The molecule has 1 aromatic rings. The van der Waals surface area contributed by atoms with E-state index in [1.807, 2.05) is 26.2 Å². The number of amides is 1. The predicted octanol–water partition coefficient (Wildman–Crippen LogP) is 2.36. The first-order chi connectivity index (χ1) is 7.59. The molecule has 1 amide bonds. The van der Waals surface area contributed by atoms with Crippen molar-refractivity contribution in [2.45, 2.75) is 12.8 Å². The largest absolute Gasteiger partial charge is 0.319 e. The molecule has 1 aliphatic carbocycles. The van der Waals surface area contributed by atoms with Crippen molar-refractivity contribution in [1.82, 2.24) is 5.32 Å². The second kappa shape index (κ2) is 4.35. The highest BCUT2D eigenvalue weighted by Gasteiger charge is 2.50. The molecule has 0 bridgehead atoms. The normalized spacial score (nSPS) is 17.2. The van der Waals surface area contributed by atoms with Crippen LogP contribution in [0.15, 0.2) is 12.1 Å². The van der Waals surface area contributed by atoms with E-state index in [-0.39, 0.29) is 11.3 Å². The van der Waals surface area contributed by atoms with Gasteiger partial charge in [0.2, 0.25) is 5.91 Å². The third kappa shape index (κ3) is 2.10. The van der Waals surface area contributed by atoms with Gasteiger partial charge < -0.3 is 10.2 Å². The Hall–Kier alpha value is -0.580. The van der Waals surface area contributed by atoms with Gasteiger partial charge in [0.25, 0.3) is 0 Å². The Morgan fingerprint density at radius 3 is 2.75 bits per heavy atom. The van der Waals surface area contributed by atoms with E-state index in [9.17, 15) is 4.79 Å². The molecule has 2 rings (SSSR count). The second-order valence-corrected chi connectivity index (χ2v) is 5.95. The molecule has 1 N–H and O–H groups in total. The predicted molar refractivity (Wildman–Crippen MR) is 68.3 cm³/mol. The third-order valence-corrected chi connectivity index (χ3v) is 4.32. The quantitative estimate of drug-likeness (QED) is 0.899. The van der Waals surface area contributed by atoms with Gasteiger partial charge in [0.15, 0.2) is 0 Å². The highest BCUT2D eigenvalue weighted by Crippen LogP contribution is 2.47. The van der Waals surface area contributed by atoms with Gasteiger partial charge in [-0.2, -0.15) is 0 Å². The summed E-state index contributed by atoms with van der Waals surface area (Å²) >= 11 is 7.30. The number of nitrogens with zero attached hydrogens (tertiary/aromatic N) is 1. The molecule has 0 unspecified atom stereocenters. The van der Waals surface area contributed by atoms with Crippen LogP contribution in [0.2, 0.25) is 4.34 Å². The van der Waals surface area contributed by atoms with Crippen molar-refractivity contribution in [3.63, 3.8) is 0 Å². The van der Waals surface area contributed by atoms with E-state index in [1.165, 1.54) is 11.3 Å². The van der Waals surface area contributed by atoms with Crippen LogP contribution in [0.25, 0.3) is 0 Å². The van der Waals surface area contributed by atoms with Crippen LogP contribution in [0.4, 0.5) is 5.00 Å². The number of hydrogen-bond acceptors (Lipinski definition) is 3. The summed E-state index contributed by atoms with van der Waals surface area (Å²) in [4.78, 5) is 14.0. The SMILES string of the molecule is CNCC1(C(=O)N(C)c2ccc(Cl)s2)CC1. The fourth-order valence-electron chi connectivity index (χ4n) is 1.90. The van der Waals surface area contributed by atoms with Gasteiger partial charge in [-0.25, -0.2) is 0 Å². The van der Waals surface area contributed by atoms with Crippen molar-refractivity contribution in [2.75, 3.05) is 25.5 Å². The van der Waals surface area contributed by atoms with Crippen LogP contribution in [0.3, 0.4) is 0 Å². The van der Waals surface area contributed by atoms with Crippen LogP contribution in [0.1, 0.15) is 12.8 Å². The van der Waals surface area contributed by atoms with E-state index in [4.69, 9.17) is 11.6 Å².